The number of ether oxygens (including phenoxy) is 2. The highest BCUT2D eigenvalue weighted by atomic mass is 35.5. The molecule has 0 spiro atoms. The lowest BCUT2D eigenvalue weighted by Gasteiger charge is -2.27. The number of carboxylic acid groups (broad SMARTS) is 1. The SMILES string of the molecule is CC(Cc1ccc(Oc2cc3c(cc2Cl)C=C(C(=O)O)C(C(F)(F)F)O3)cc1)c1ccccc1. The molecule has 4 rings (SSSR count). The lowest BCUT2D eigenvalue weighted by molar-refractivity contribution is -0.187. The average Bonchev–Trinajstić information content (AvgIpc) is 2.80. The van der Waals surface area contributed by atoms with E-state index in [0.717, 1.165) is 18.1 Å². The van der Waals surface area contributed by atoms with Crippen molar-refractivity contribution in [3.05, 3.63) is 94.0 Å². The zero-order valence-electron chi connectivity index (χ0n) is 18.0. The van der Waals surface area contributed by atoms with Crippen LogP contribution in [0.15, 0.2) is 72.3 Å². The number of hydrogen-bond acceptors (Lipinski definition) is 3. The smallest absolute Gasteiger partial charge is 0.430 e. The summed E-state index contributed by atoms with van der Waals surface area (Å²) in [6.45, 7) is 2.14. The largest absolute Gasteiger partial charge is 0.478 e. The highest BCUT2D eigenvalue weighted by Gasteiger charge is 2.48. The first kappa shape index (κ1) is 23.7. The minimum absolute atomic E-state index is 0.0962. The fourth-order valence-electron chi connectivity index (χ4n) is 3.77. The number of carbonyl (C=O) groups is 1. The Morgan fingerprint density at radius 2 is 1.79 bits per heavy atom. The summed E-state index contributed by atoms with van der Waals surface area (Å²) in [4.78, 5) is 11.3. The van der Waals surface area contributed by atoms with Gasteiger partial charge in [-0.2, -0.15) is 13.2 Å². The maximum atomic E-state index is 13.3. The fraction of sp³-hybridized carbons (Fsp3) is 0.192. The van der Waals surface area contributed by atoms with Crippen molar-refractivity contribution in [3.8, 4) is 17.2 Å². The minimum Gasteiger partial charge on any atom is -0.478 e. The first-order valence-electron chi connectivity index (χ1n) is 10.5. The number of fused-ring (bicyclic) bond motifs is 1. The third kappa shape index (κ3) is 5.20. The molecule has 8 heteroatoms. The van der Waals surface area contributed by atoms with Gasteiger partial charge in [0.05, 0.1) is 10.6 Å². The van der Waals surface area contributed by atoms with Gasteiger partial charge in [-0.15, -0.1) is 0 Å². The van der Waals surface area contributed by atoms with Gasteiger partial charge in [-0.3, -0.25) is 0 Å². The van der Waals surface area contributed by atoms with E-state index in [1.54, 1.807) is 12.1 Å². The Morgan fingerprint density at radius 3 is 2.41 bits per heavy atom. The number of halogens is 4. The maximum absolute atomic E-state index is 13.3. The van der Waals surface area contributed by atoms with Gasteiger partial charge in [-0.05, 0) is 47.7 Å². The summed E-state index contributed by atoms with van der Waals surface area (Å²) in [6.07, 6.45) is -5.74. The molecule has 1 aliphatic heterocycles. The van der Waals surface area contributed by atoms with Gasteiger partial charge in [-0.1, -0.05) is 61.0 Å². The van der Waals surface area contributed by atoms with Gasteiger partial charge >= 0.3 is 12.1 Å². The van der Waals surface area contributed by atoms with E-state index < -0.39 is 23.8 Å². The first-order valence-corrected chi connectivity index (χ1v) is 10.8. The maximum Gasteiger partial charge on any atom is 0.430 e. The summed E-state index contributed by atoms with van der Waals surface area (Å²) in [5, 5.41) is 9.26. The van der Waals surface area contributed by atoms with Crippen LogP contribution in [-0.4, -0.2) is 23.4 Å². The topological polar surface area (TPSA) is 55.8 Å². The molecule has 1 N–H and O–H groups in total. The van der Waals surface area contributed by atoms with E-state index in [1.165, 1.54) is 17.7 Å². The van der Waals surface area contributed by atoms with Crippen LogP contribution in [-0.2, 0) is 11.2 Å². The summed E-state index contributed by atoms with van der Waals surface area (Å²) in [6, 6.07) is 20.0. The summed E-state index contributed by atoms with van der Waals surface area (Å²) >= 11 is 6.25. The number of aliphatic carboxylic acids is 1. The van der Waals surface area contributed by atoms with Crippen LogP contribution in [0.4, 0.5) is 13.2 Å². The van der Waals surface area contributed by atoms with Crippen LogP contribution in [0.3, 0.4) is 0 Å². The Bertz CT molecular complexity index is 1220. The zero-order valence-corrected chi connectivity index (χ0v) is 18.7. The molecule has 0 aromatic heterocycles. The van der Waals surface area contributed by atoms with E-state index in [1.807, 2.05) is 30.3 Å². The molecule has 0 fully saturated rings. The van der Waals surface area contributed by atoms with Crippen molar-refractivity contribution in [1.82, 2.24) is 0 Å². The molecule has 176 valence electrons. The van der Waals surface area contributed by atoms with Gasteiger partial charge in [0.15, 0.2) is 0 Å². The van der Waals surface area contributed by atoms with E-state index >= 15 is 0 Å². The normalized spacial score (nSPS) is 16.1. The van der Waals surface area contributed by atoms with E-state index in [9.17, 15) is 18.0 Å². The van der Waals surface area contributed by atoms with Gasteiger partial charge < -0.3 is 14.6 Å². The van der Waals surface area contributed by atoms with E-state index in [0.29, 0.717) is 11.7 Å². The zero-order chi connectivity index (χ0) is 24.5. The van der Waals surface area contributed by atoms with Crippen LogP contribution in [0.5, 0.6) is 17.2 Å². The van der Waals surface area contributed by atoms with E-state index in [-0.39, 0.29) is 22.1 Å². The minimum atomic E-state index is -4.89. The monoisotopic (exact) mass is 488 g/mol. The third-order valence-corrected chi connectivity index (χ3v) is 5.80. The molecule has 1 heterocycles. The van der Waals surface area contributed by atoms with Crippen molar-refractivity contribution >= 4 is 23.6 Å². The van der Waals surface area contributed by atoms with E-state index in [2.05, 4.69) is 19.1 Å². The second kappa shape index (κ2) is 9.43. The van der Waals surface area contributed by atoms with Crippen molar-refractivity contribution in [1.29, 1.82) is 0 Å². The fourth-order valence-corrected chi connectivity index (χ4v) is 3.98. The molecule has 0 radical (unpaired) electrons. The standard InChI is InChI=1S/C26H20ClF3O4/c1-15(17-5-3-2-4-6-17)11-16-7-9-19(10-8-16)33-23-14-22-18(13-21(23)27)12-20(25(31)32)24(34-22)26(28,29)30/h2-10,12-15,24H,11H2,1H3,(H,31,32). The number of hydrogen-bond donors (Lipinski definition) is 1. The van der Waals surface area contributed by atoms with Crippen molar-refractivity contribution in [3.63, 3.8) is 0 Å². The molecule has 2 unspecified atom stereocenters. The van der Waals surface area contributed by atoms with Crippen molar-refractivity contribution in [2.45, 2.75) is 31.5 Å². The van der Waals surface area contributed by atoms with Gasteiger partial charge in [0, 0.05) is 11.6 Å². The molecule has 34 heavy (non-hydrogen) atoms. The molecule has 1 aliphatic rings. The van der Waals surface area contributed by atoms with Gasteiger partial charge in [0.2, 0.25) is 6.10 Å². The summed E-state index contributed by atoms with van der Waals surface area (Å²) in [7, 11) is 0. The number of benzene rings is 3. The Morgan fingerprint density at radius 1 is 1.12 bits per heavy atom. The molecule has 4 nitrogen and oxygen atoms in total. The molecular weight excluding hydrogens is 469 g/mol. The number of alkyl halides is 3. The molecule has 0 aliphatic carbocycles. The van der Waals surface area contributed by atoms with Crippen LogP contribution in [0.1, 0.15) is 29.5 Å². The molecule has 0 amide bonds. The lowest BCUT2D eigenvalue weighted by Crippen LogP contribution is -2.40. The van der Waals surface area contributed by atoms with Crippen molar-refractivity contribution in [2.24, 2.45) is 0 Å². The molecule has 3 aromatic carbocycles. The van der Waals surface area contributed by atoms with Crippen LogP contribution in [0, 0.1) is 0 Å². The third-order valence-electron chi connectivity index (χ3n) is 5.51. The Labute approximate surface area is 199 Å². The number of rotatable bonds is 6. The Balaban J connectivity index is 1.53. The van der Waals surface area contributed by atoms with Crippen LogP contribution >= 0.6 is 11.6 Å². The average molecular weight is 489 g/mol. The summed E-state index contributed by atoms with van der Waals surface area (Å²) < 4.78 is 50.7. The van der Waals surface area contributed by atoms with Crippen LogP contribution in [0.25, 0.3) is 6.08 Å². The van der Waals surface area contributed by atoms with Gasteiger partial charge in [0.1, 0.15) is 17.2 Å². The van der Waals surface area contributed by atoms with Gasteiger partial charge in [0.25, 0.3) is 0 Å². The summed E-state index contributed by atoms with van der Waals surface area (Å²) in [5.74, 6) is -1.02. The first-order chi connectivity index (χ1) is 16.1. The van der Waals surface area contributed by atoms with E-state index in [4.69, 9.17) is 26.2 Å². The highest BCUT2D eigenvalue weighted by molar-refractivity contribution is 6.32. The molecule has 0 saturated carbocycles. The quantitative estimate of drug-likeness (QED) is 0.396. The highest BCUT2D eigenvalue weighted by Crippen LogP contribution is 2.42. The van der Waals surface area contributed by atoms with Gasteiger partial charge in [-0.25, -0.2) is 4.79 Å². The molecular formula is C26H20ClF3O4. The van der Waals surface area contributed by atoms with Crippen LogP contribution < -0.4 is 9.47 Å². The number of carboxylic acids is 1. The summed E-state index contributed by atoms with van der Waals surface area (Å²) in [5.41, 5.74) is 1.55. The predicted molar refractivity (Wildman–Crippen MR) is 123 cm³/mol. The molecule has 2 atom stereocenters. The second-order valence-corrected chi connectivity index (χ2v) is 8.43. The van der Waals surface area contributed by atoms with Crippen molar-refractivity contribution < 1.29 is 32.5 Å². The molecule has 0 bridgehead atoms. The molecule has 3 aromatic rings. The Kier molecular flexibility index (Phi) is 6.57. The van der Waals surface area contributed by atoms with Crippen molar-refractivity contribution in [2.75, 3.05) is 0 Å². The molecule has 0 saturated heterocycles. The predicted octanol–water partition coefficient (Wildman–Crippen LogP) is 7.27. The lowest BCUT2D eigenvalue weighted by atomic mass is 9.94. The van der Waals surface area contributed by atoms with Crippen LogP contribution in [0.2, 0.25) is 5.02 Å². The Hall–Kier alpha value is -3.45. The second-order valence-electron chi connectivity index (χ2n) is 8.03.